The summed E-state index contributed by atoms with van der Waals surface area (Å²) in [5, 5.41) is 2.80. The van der Waals surface area contributed by atoms with Gasteiger partial charge >= 0.3 is 0 Å². The molecular formula is C16H24ClFN2O2. The molecular weight excluding hydrogens is 307 g/mol. The van der Waals surface area contributed by atoms with E-state index in [-0.39, 0.29) is 36.6 Å². The molecule has 2 unspecified atom stereocenters. The molecule has 1 saturated carbocycles. The molecule has 1 amide bonds. The molecule has 0 bridgehead atoms. The van der Waals surface area contributed by atoms with Crippen molar-refractivity contribution in [2.24, 2.45) is 11.7 Å². The Balaban J connectivity index is 0.00000242. The Hall–Kier alpha value is -1.33. The van der Waals surface area contributed by atoms with Crippen molar-refractivity contribution in [2.75, 3.05) is 7.11 Å². The Labute approximate surface area is 137 Å². The lowest BCUT2D eigenvalue weighted by molar-refractivity contribution is -0.128. The van der Waals surface area contributed by atoms with Crippen LogP contribution < -0.4 is 15.8 Å². The maximum absolute atomic E-state index is 13.8. The van der Waals surface area contributed by atoms with E-state index >= 15 is 0 Å². The van der Waals surface area contributed by atoms with Gasteiger partial charge in [0.05, 0.1) is 13.0 Å². The maximum atomic E-state index is 13.8. The van der Waals surface area contributed by atoms with Crippen LogP contribution in [0.15, 0.2) is 18.2 Å². The van der Waals surface area contributed by atoms with Crippen LogP contribution in [-0.4, -0.2) is 18.6 Å². The van der Waals surface area contributed by atoms with Crippen LogP contribution in [0.25, 0.3) is 0 Å². The van der Waals surface area contributed by atoms with E-state index in [1.807, 2.05) is 6.92 Å². The Morgan fingerprint density at radius 1 is 1.50 bits per heavy atom. The molecule has 0 spiro atoms. The highest BCUT2D eigenvalue weighted by Crippen LogP contribution is 2.31. The summed E-state index contributed by atoms with van der Waals surface area (Å²) < 4.78 is 18.8. The summed E-state index contributed by atoms with van der Waals surface area (Å²) in [6.07, 6.45) is 3.72. The van der Waals surface area contributed by atoms with Crippen LogP contribution in [0.4, 0.5) is 4.39 Å². The zero-order valence-electron chi connectivity index (χ0n) is 13.0. The first-order chi connectivity index (χ1) is 9.94. The normalized spacial score (nSPS) is 24.3. The lowest BCUT2D eigenvalue weighted by atomic mass is 9.74. The Kier molecular flexibility index (Phi) is 6.63. The molecule has 6 heteroatoms. The van der Waals surface area contributed by atoms with Gasteiger partial charge in [0.15, 0.2) is 0 Å². The molecule has 2 atom stereocenters. The second-order valence-corrected chi connectivity index (χ2v) is 5.98. The number of methoxy groups -OCH3 is 1. The average Bonchev–Trinajstić information content (AvgIpc) is 2.45. The summed E-state index contributed by atoms with van der Waals surface area (Å²) in [4.78, 5) is 12.3. The molecule has 1 aliphatic rings. The van der Waals surface area contributed by atoms with Crippen molar-refractivity contribution in [3.8, 4) is 5.75 Å². The van der Waals surface area contributed by atoms with Gasteiger partial charge in [-0.05, 0) is 25.8 Å². The van der Waals surface area contributed by atoms with Gasteiger partial charge < -0.3 is 15.8 Å². The predicted octanol–water partition coefficient (Wildman–Crippen LogP) is 2.78. The minimum Gasteiger partial charge on any atom is -0.497 e. The van der Waals surface area contributed by atoms with Crippen LogP contribution in [0.2, 0.25) is 0 Å². The van der Waals surface area contributed by atoms with Crippen LogP contribution in [0.1, 0.15) is 38.2 Å². The van der Waals surface area contributed by atoms with Crippen LogP contribution >= 0.6 is 12.4 Å². The summed E-state index contributed by atoms with van der Waals surface area (Å²) in [7, 11) is 1.49. The highest BCUT2D eigenvalue weighted by Gasteiger charge is 2.37. The van der Waals surface area contributed by atoms with Gasteiger partial charge in [-0.1, -0.05) is 18.9 Å². The number of amides is 1. The fourth-order valence-electron chi connectivity index (χ4n) is 2.89. The Morgan fingerprint density at radius 3 is 2.82 bits per heavy atom. The molecule has 1 aliphatic carbocycles. The highest BCUT2D eigenvalue weighted by atomic mass is 35.5. The van der Waals surface area contributed by atoms with Gasteiger partial charge in [-0.2, -0.15) is 0 Å². The van der Waals surface area contributed by atoms with E-state index in [4.69, 9.17) is 10.5 Å². The topological polar surface area (TPSA) is 64.3 Å². The van der Waals surface area contributed by atoms with Crippen molar-refractivity contribution in [2.45, 2.75) is 44.7 Å². The molecule has 0 aromatic heterocycles. The number of nitrogens with one attached hydrogen (secondary N) is 1. The zero-order valence-corrected chi connectivity index (χ0v) is 13.8. The highest BCUT2D eigenvalue weighted by molar-refractivity contribution is 5.85. The monoisotopic (exact) mass is 330 g/mol. The number of halogens is 2. The summed E-state index contributed by atoms with van der Waals surface area (Å²) in [5.74, 6) is -0.208. The van der Waals surface area contributed by atoms with Crippen molar-refractivity contribution in [1.29, 1.82) is 0 Å². The lowest BCUT2D eigenvalue weighted by Crippen LogP contribution is -2.52. The van der Waals surface area contributed by atoms with E-state index in [0.717, 1.165) is 25.7 Å². The van der Waals surface area contributed by atoms with Crippen LogP contribution in [0, 0.1) is 11.7 Å². The molecule has 22 heavy (non-hydrogen) atoms. The van der Waals surface area contributed by atoms with E-state index in [0.29, 0.717) is 11.3 Å². The smallest absolute Gasteiger partial charge is 0.225 e. The van der Waals surface area contributed by atoms with Crippen LogP contribution in [-0.2, 0) is 11.3 Å². The molecule has 124 valence electrons. The van der Waals surface area contributed by atoms with Crippen molar-refractivity contribution >= 4 is 18.3 Å². The SMILES string of the molecule is COc1ccc(CNC(=O)C2CCCCC2(C)N)c(F)c1.Cl. The number of benzene rings is 1. The molecule has 3 N–H and O–H groups in total. The first-order valence-electron chi connectivity index (χ1n) is 7.33. The lowest BCUT2D eigenvalue weighted by Gasteiger charge is -2.37. The summed E-state index contributed by atoms with van der Waals surface area (Å²) in [6.45, 7) is 2.09. The number of nitrogens with two attached hydrogens (primary N) is 1. The predicted molar refractivity (Wildman–Crippen MR) is 86.6 cm³/mol. The number of carbonyl (C=O) groups excluding carboxylic acids is 1. The van der Waals surface area contributed by atoms with Gasteiger partial charge in [0.1, 0.15) is 11.6 Å². The number of ether oxygens (including phenoxy) is 1. The maximum Gasteiger partial charge on any atom is 0.225 e. The van der Waals surface area contributed by atoms with E-state index in [1.54, 1.807) is 12.1 Å². The standard InChI is InChI=1S/C16H23FN2O2.ClH/c1-16(18)8-4-3-5-13(16)15(20)19-10-11-6-7-12(21-2)9-14(11)17;/h6-7,9,13H,3-5,8,10,18H2,1-2H3,(H,19,20);1H. The molecule has 1 fully saturated rings. The van der Waals surface area contributed by atoms with E-state index in [2.05, 4.69) is 5.32 Å². The summed E-state index contributed by atoms with van der Waals surface area (Å²) >= 11 is 0. The quantitative estimate of drug-likeness (QED) is 0.892. The fraction of sp³-hybridized carbons (Fsp3) is 0.562. The van der Waals surface area contributed by atoms with Gasteiger partial charge in [0, 0.05) is 23.7 Å². The third-order valence-corrected chi connectivity index (χ3v) is 4.28. The molecule has 0 heterocycles. The molecule has 0 saturated heterocycles. The number of hydrogen-bond donors (Lipinski definition) is 2. The van der Waals surface area contributed by atoms with Gasteiger partial charge in [0.2, 0.25) is 5.91 Å². The Bertz CT molecular complexity index is 523. The zero-order chi connectivity index (χ0) is 15.5. The van der Waals surface area contributed by atoms with E-state index < -0.39 is 5.54 Å². The number of rotatable bonds is 4. The molecule has 1 aromatic carbocycles. The minimum absolute atomic E-state index is 0. The van der Waals surface area contributed by atoms with E-state index in [9.17, 15) is 9.18 Å². The second kappa shape index (κ2) is 7.79. The van der Waals surface area contributed by atoms with Crippen molar-refractivity contribution < 1.29 is 13.9 Å². The average molecular weight is 331 g/mol. The molecule has 2 rings (SSSR count). The number of carbonyl (C=O) groups is 1. The summed E-state index contributed by atoms with van der Waals surface area (Å²) in [6, 6.07) is 4.62. The van der Waals surface area contributed by atoms with Crippen LogP contribution in [0.3, 0.4) is 0 Å². The van der Waals surface area contributed by atoms with Crippen molar-refractivity contribution in [1.82, 2.24) is 5.32 Å². The third kappa shape index (κ3) is 4.34. The van der Waals surface area contributed by atoms with Gasteiger partial charge in [-0.3, -0.25) is 4.79 Å². The van der Waals surface area contributed by atoms with Crippen LogP contribution in [0.5, 0.6) is 5.75 Å². The molecule has 1 aromatic rings. The minimum atomic E-state index is -0.471. The third-order valence-electron chi connectivity index (χ3n) is 4.28. The molecule has 4 nitrogen and oxygen atoms in total. The molecule has 0 aliphatic heterocycles. The largest absolute Gasteiger partial charge is 0.497 e. The van der Waals surface area contributed by atoms with E-state index in [1.165, 1.54) is 13.2 Å². The summed E-state index contributed by atoms with van der Waals surface area (Å²) in [5.41, 5.74) is 6.18. The first kappa shape index (κ1) is 18.7. The van der Waals surface area contributed by atoms with Gasteiger partial charge in [-0.25, -0.2) is 4.39 Å². The van der Waals surface area contributed by atoms with Gasteiger partial charge in [0.25, 0.3) is 0 Å². The second-order valence-electron chi connectivity index (χ2n) is 5.98. The van der Waals surface area contributed by atoms with Crippen molar-refractivity contribution in [3.05, 3.63) is 29.6 Å². The number of hydrogen-bond acceptors (Lipinski definition) is 3. The Morgan fingerprint density at radius 2 is 2.23 bits per heavy atom. The van der Waals surface area contributed by atoms with Crippen molar-refractivity contribution in [3.63, 3.8) is 0 Å². The molecule has 0 radical (unpaired) electrons. The fourth-order valence-corrected chi connectivity index (χ4v) is 2.89. The first-order valence-corrected chi connectivity index (χ1v) is 7.33. The van der Waals surface area contributed by atoms with Gasteiger partial charge in [-0.15, -0.1) is 12.4 Å².